The van der Waals surface area contributed by atoms with E-state index >= 15 is 0 Å². The molecule has 3 nitrogen and oxygen atoms in total. The number of hydrogen-bond donors (Lipinski definition) is 1. The molecule has 1 aromatic heterocycles. The highest BCUT2D eigenvalue weighted by atomic mass is 32.1. The van der Waals surface area contributed by atoms with Crippen LogP contribution in [0.2, 0.25) is 0 Å². The largest absolute Gasteiger partial charge is 0.302 e. The Morgan fingerprint density at radius 3 is 2.58 bits per heavy atom. The first-order chi connectivity index (χ1) is 11.6. The lowest BCUT2D eigenvalue weighted by atomic mass is 9.97. The SMILES string of the molecule is CCCCCCC(=O)Nc1nc(-c2ccc(C(C)CC)cc2)cs1. The molecule has 1 unspecified atom stereocenters. The highest BCUT2D eigenvalue weighted by Gasteiger charge is 2.09. The van der Waals surface area contributed by atoms with Gasteiger partial charge in [-0.2, -0.15) is 0 Å². The number of carbonyl (C=O) groups is 1. The van der Waals surface area contributed by atoms with Crippen LogP contribution in [0.3, 0.4) is 0 Å². The minimum Gasteiger partial charge on any atom is -0.302 e. The lowest BCUT2D eigenvalue weighted by Crippen LogP contribution is -2.10. The summed E-state index contributed by atoms with van der Waals surface area (Å²) in [6.45, 7) is 6.62. The first kappa shape index (κ1) is 18.7. The van der Waals surface area contributed by atoms with Crippen molar-refractivity contribution in [3.63, 3.8) is 0 Å². The van der Waals surface area contributed by atoms with Crippen molar-refractivity contribution in [1.82, 2.24) is 4.98 Å². The predicted molar refractivity (Wildman–Crippen MR) is 104 cm³/mol. The summed E-state index contributed by atoms with van der Waals surface area (Å²) in [6, 6.07) is 8.59. The number of unbranched alkanes of at least 4 members (excludes halogenated alkanes) is 3. The smallest absolute Gasteiger partial charge is 0.226 e. The minimum absolute atomic E-state index is 0.0686. The van der Waals surface area contributed by atoms with Crippen LogP contribution in [0.5, 0.6) is 0 Å². The number of anilines is 1. The van der Waals surface area contributed by atoms with Gasteiger partial charge in [-0.1, -0.05) is 64.3 Å². The van der Waals surface area contributed by atoms with Gasteiger partial charge in [-0.3, -0.25) is 4.79 Å². The number of amides is 1. The maximum absolute atomic E-state index is 11.9. The molecule has 0 saturated heterocycles. The van der Waals surface area contributed by atoms with Crippen molar-refractivity contribution < 1.29 is 4.79 Å². The van der Waals surface area contributed by atoms with Crippen LogP contribution < -0.4 is 5.32 Å². The Morgan fingerprint density at radius 2 is 1.92 bits per heavy atom. The molecule has 1 aromatic carbocycles. The highest BCUT2D eigenvalue weighted by Crippen LogP contribution is 2.27. The van der Waals surface area contributed by atoms with Crippen molar-refractivity contribution in [2.24, 2.45) is 0 Å². The van der Waals surface area contributed by atoms with E-state index in [9.17, 15) is 4.79 Å². The number of benzene rings is 1. The van der Waals surface area contributed by atoms with Crippen molar-refractivity contribution in [2.75, 3.05) is 5.32 Å². The number of nitrogens with zero attached hydrogens (tertiary/aromatic N) is 1. The Kier molecular flexibility index (Phi) is 7.44. The Bertz CT molecular complexity index is 633. The van der Waals surface area contributed by atoms with E-state index in [-0.39, 0.29) is 5.91 Å². The van der Waals surface area contributed by atoms with Crippen molar-refractivity contribution in [3.05, 3.63) is 35.2 Å². The van der Waals surface area contributed by atoms with Gasteiger partial charge < -0.3 is 5.32 Å². The lowest BCUT2D eigenvalue weighted by Gasteiger charge is -2.08. The molecule has 0 bridgehead atoms. The van der Waals surface area contributed by atoms with Crippen LogP contribution in [-0.4, -0.2) is 10.9 Å². The Balaban J connectivity index is 1.91. The standard InChI is InChI=1S/C20H28N2OS/c1-4-6-7-8-9-19(23)22-20-21-18(14-24-20)17-12-10-16(11-13-17)15(3)5-2/h10-15H,4-9H2,1-3H3,(H,21,22,23). The summed E-state index contributed by atoms with van der Waals surface area (Å²) >= 11 is 1.49. The van der Waals surface area contributed by atoms with Gasteiger partial charge in [0.15, 0.2) is 5.13 Å². The maximum atomic E-state index is 11.9. The molecule has 4 heteroatoms. The molecule has 0 saturated carbocycles. The predicted octanol–water partition coefficient (Wildman–Crippen LogP) is 6.23. The molecule has 1 N–H and O–H groups in total. The molecule has 0 aliphatic heterocycles. The lowest BCUT2D eigenvalue weighted by molar-refractivity contribution is -0.116. The van der Waals surface area contributed by atoms with E-state index in [2.05, 4.69) is 55.3 Å². The molecule has 2 rings (SSSR count). The molecule has 0 spiro atoms. The van der Waals surface area contributed by atoms with Crippen LogP contribution in [0.1, 0.15) is 70.8 Å². The molecule has 0 aliphatic carbocycles. The summed E-state index contributed by atoms with van der Waals surface area (Å²) in [5.41, 5.74) is 3.39. The molecule has 1 atom stereocenters. The zero-order valence-electron chi connectivity index (χ0n) is 15.0. The van der Waals surface area contributed by atoms with Gasteiger partial charge in [0.2, 0.25) is 5.91 Å². The fourth-order valence-corrected chi connectivity index (χ4v) is 3.31. The van der Waals surface area contributed by atoms with Crippen LogP contribution in [0, 0.1) is 0 Å². The van der Waals surface area contributed by atoms with Gasteiger partial charge in [-0.25, -0.2) is 4.98 Å². The third-order valence-corrected chi connectivity index (χ3v) is 5.15. The van der Waals surface area contributed by atoms with Crippen LogP contribution >= 0.6 is 11.3 Å². The molecule has 1 amide bonds. The number of hydrogen-bond acceptors (Lipinski definition) is 3. The molecule has 0 aliphatic rings. The van der Waals surface area contributed by atoms with Crippen molar-refractivity contribution in [3.8, 4) is 11.3 Å². The van der Waals surface area contributed by atoms with Gasteiger partial charge in [0.25, 0.3) is 0 Å². The number of aromatic nitrogens is 1. The Morgan fingerprint density at radius 1 is 1.17 bits per heavy atom. The average molecular weight is 345 g/mol. The summed E-state index contributed by atoms with van der Waals surface area (Å²) in [5, 5.41) is 5.61. The number of nitrogens with one attached hydrogen (secondary N) is 1. The van der Waals surface area contributed by atoms with Crippen LogP contribution in [0.25, 0.3) is 11.3 Å². The molecule has 2 aromatic rings. The van der Waals surface area contributed by atoms with Gasteiger partial charge in [0.1, 0.15) is 0 Å². The average Bonchev–Trinajstić information content (AvgIpc) is 3.06. The second kappa shape index (κ2) is 9.58. The summed E-state index contributed by atoms with van der Waals surface area (Å²) in [4.78, 5) is 16.5. The van der Waals surface area contributed by atoms with Crippen molar-refractivity contribution in [2.45, 2.75) is 65.2 Å². The molecule has 0 fully saturated rings. The number of carbonyl (C=O) groups excluding carboxylic acids is 1. The third-order valence-electron chi connectivity index (χ3n) is 4.40. The molecule has 24 heavy (non-hydrogen) atoms. The quantitative estimate of drug-likeness (QED) is 0.548. The van der Waals surface area contributed by atoms with E-state index < -0.39 is 0 Å². The highest BCUT2D eigenvalue weighted by molar-refractivity contribution is 7.14. The zero-order valence-corrected chi connectivity index (χ0v) is 15.8. The van der Waals surface area contributed by atoms with Gasteiger partial charge >= 0.3 is 0 Å². The van der Waals surface area contributed by atoms with Gasteiger partial charge in [0.05, 0.1) is 5.69 Å². The summed E-state index contributed by atoms with van der Waals surface area (Å²) in [5.74, 6) is 0.649. The molecular weight excluding hydrogens is 316 g/mol. The van der Waals surface area contributed by atoms with E-state index in [0.717, 1.165) is 30.5 Å². The van der Waals surface area contributed by atoms with Crippen LogP contribution in [-0.2, 0) is 4.79 Å². The van der Waals surface area contributed by atoms with Crippen LogP contribution in [0.4, 0.5) is 5.13 Å². The molecule has 1 heterocycles. The third kappa shape index (κ3) is 5.45. The molecular formula is C20H28N2OS. The summed E-state index contributed by atoms with van der Waals surface area (Å²) in [6.07, 6.45) is 6.18. The van der Waals surface area contributed by atoms with E-state index in [0.29, 0.717) is 17.5 Å². The Hall–Kier alpha value is -1.68. The van der Waals surface area contributed by atoms with Gasteiger partial charge in [-0.05, 0) is 24.3 Å². The van der Waals surface area contributed by atoms with Gasteiger partial charge in [-0.15, -0.1) is 11.3 Å². The fraction of sp³-hybridized carbons (Fsp3) is 0.500. The monoisotopic (exact) mass is 344 g/mol. The fourth-order valence-electron chi connectivity index (χ4n) is 2.58. The van der Waals surface area contributed by atoms with Gasteiger partial charge in [0, 0.05) is 17.4 Å². The topological polar surface area (TPSA) is 42.0 Å². The summed E-state index contributed by atoms with van der Waals surface area (Å²) < 4.78 is 0. The number of thiazole rings is 1. The molecule has 130 valence electrons. The van der Waals surface area contributed by atoms with E-state index in [4.69, 9.17) is 0 Å². The first-order valence-corrected chi connectivity index (χ1v) is 9.87. The van der Waals surface area contributed by atoms with Crippen molar-refractivity contribution in [1.29, 1.82) is 0 Å². The first-order valence-electron chi connectivity index (χ1n) is 8.99. The van der Waals surface area contributed by atoms with E-state index in [1.54, 1.807) is 0 Å². The summed E-state index contributed by atoms with van der Waals surface area (Å²) in [7, 11) is 0. The molecule has 0 radical (unpaired) electrons. The minimum atomic E-state index is 0.0686. The second-order valence-corrected chi connectivity index (χ2v) is 7.19. The van der Waals surface area contributed by atoms with E-state index in [1.165, 1.54) is 29.7 Å². The normalized spacial score (nSPS) is 12.1. The zero-order chi connectivity index (χ0) is 17.4. The second-order valence-electron chi connectivity index (χ2n) is 6.33. The van der Waals surface area contributed by atoms with Crippen molar-refractivity contribution >= 4 is 22.4 Å². The van der Waals surface area contributed by atoms with Crippen LogP contribution in [0.15, 0.2) is 29.6 Å². The van der Waals surface area contributed by atoms with E-state index in [1.807, 2.05) is 5.38 Å². The number of rotatable bonds is 9. The Labute approximate surface area is 149 Å². The maximum Gasteiger partial charge on any atom is 0.226 e.